The van der Waals surface area contributed by atoms with Crippen LogP contribution in [0, 0.1) is 0 Å². The van der Waals surface area contributed by atoms with Crippen molar-refractivity contribution in [2.75, 3.05) is 16.8 Å². The van der Waals surface area contributed by atoms with E-state index in [0.717, 1.165) is 5.56 Å². The third-order valence-electron chi connectivity index (χ3n) is 6.37. The maximum Gasteiger partial charge on any atom is 0.268 e. The average Bonchev–Trinajstić information content (AvgIpc) is 3.13. The van der Waals surface area contributed by atoms with Crippen LogP contribution in [0.2, 0.25) is 5.02 Å². The van der Waals surface area contributed by atoms with Gasteiger partial charge in [0.15, 0.2) is 6.10 Å². The first-order valence-corrected chi connectivity index (χ1v) is 12.3. The van der Waals surface area contributed by atoms with Crippen LogP contribution in [0.1, 0.15) is 46.0 Å². The van der Waals surface area contributed by atoms with E-state index in [-0.39, 0.29) is 36.6 Å². The summed E-state index contributed by atoms with van der Waals surface area (Å²) >= 11 is 5.99. The molecule has 0 aromatic heterocycles. The number of imide groups is 1. The van der Waals surface area contributed by atoms with E-state index < -0.39 is 6.10 Å². The summed E-state index contributed by atoms with van der Waals surface area (Å²) < 4.78 is 5.77. The molecule has 1 N–H and O–H groups in total. The van der Waals surface area contributed by atoms with E-state index in [0.29, 0.717) is 46.2 Å². The van der Waals surface area contributed by atoms with Crippen LogP contribution < -0.4 is 15.0 Å². The quantitative estimate of drug-likeness (QED) is 0.459. The highest BCUT2D eigenvalue weighted by molar-refractivity contribution is 6.30. The minimum Gasteiger partial charge on any atom is -0.479 e. The summed E-state index contributed by atoms with van der Waals surface area (Å²) in [4.78, 5) is 53.3. The minimum absolute atomic E-state index is 0.117. The average molecular weight is 518 g/mol. The van der Waals surface area contributed by atoms with Gasteiger partial charge in [0.1, 0.15) is 5.75 Å². The molecular formula is C28H24ClN3O5. The fourth-order valence-corrected chi connectivity index (χ4v) is 4.61. The number of hydrogen-bond acceptors (Lipinski definition) is 5. The number of benzene rings is 3. The molecule has 4 amide bonds. The number of nitrogens with one attached hydrogen (secondary N) is 1. The van der Waals surface area contributed by atoms with Crippen molar-refractivity contribution < 1.29 is 23.9 Å². The Morgan fingerprint density at radius 3 is 2.30 bits per heavy atom. The van der Waals surface area contributed by atoms with Gasteiger partial charge < -0.3 is 15.0 Å². The normalized spacial score (nSPS) is 16.4. The standard InChI is InChI=1S/C28H24ClN3O5/c1-17-26(34)32(16-18-8-10-19(29)11-9-18)23-15-20(12-13-24(23)37-17)30-25(33)7-4-14-31-27(35)21-5-2-3-6-22(21)28(31)36/h2-3,5-6,8-13,15,17H,4,7,14,16H2,1H3,(H,30,33). The third-order valence-corrected chi connectivity index (χ3v) is 6.62. The van der Waals surface area contributed by atoms with Crippen molar-refractivity contribution in [3.8, 4) is 5.75 Å². The Hall–Kier alpha value is -4.17. The highest BCUT2D eigenvalue weighted by Gasteiger charge is 2.35. The minimum atomic E-state index is -0.637. The van der Waals surface area contributed by atoms with Gasteiger partial charge >= 0.3 is 0 Å². The number of rotatable bonds is 7. The zero-order valence-electron chi connectivity index (χ0n) is 20.1. The van der Waals surface area contributed by atoms with E-state index in [2.05, 4.69) is 5.32 Å². The van der Waals surface area contributed by atoms with Gasteiger partial charge in [-0.3, -0.25) is 24.1 Å². The molecule has 0 bridgehead atoms. The lowest BCUT2D eigenvalue weighted by atomic mass is 10.1. The molecule has 3 aromatic rings. The smallest absolute Gasteiger partial charge is 0.268 e. The van der Waals surface area contributed by atoms with Crippen LogP contribution in [-0.2, 0) is 16.1 Å². The first-order valence-electron chi connectivity index (χ1n) is 11.9. The van der Waals surface area contributed by atoms with Gasteiger partial charge in [0, 0.05) is 23.7 Å². The Morgan fingerprint density at radius 2 is 1.62 bits per heavy atom. The van der Waals surface area contributed by atoms with Crippen molar-refractivity contribution in [2.45, 2.75) is 32.4 Å². The summed E-state index contributed by atoms with van der Waals surface area (Å²) in [5.74, 6) is -0.584. The van der Waals surface area contributed by atoms with Crippen molar-refractivity contribution in [3.05, 3.63) is 88.4 Å². The number of anilines is 2. The summed E-state index contributed by atoms with van der Waals surface area (Å²) in [6.07, 6.45) is -0.197. The maximum absolute atomic E-state index is 12.9. The van der Waals surface area contributed by atoms with E-state index in [1.807, 2.05) is 12.1 Å². The Bertz CT molecular complexity index is 1370. The predicted molar refractivity (Wildman–Crippen MR) is 139 cm³/mol. The summed E-state index contributed by atoms with van der Waals surface area (Å²) in [7, 11) is 0. The first-order chi connectivity index (χ1) is 17.8. The van der Waals surface area contributed by atoms with Crippen molar-refractivity contribution >= 4 is 46.6 Å². The highest BCUT2D eigenvalue weighted by atomic mass is 35.5. The van der Waals surface area contributed by atoms with E-state index in [9.17, 15) is 19.2 Å². The second kappa shape index (κ2) is 10.1. The maximum atomic E-state index is 12.9. The van der Waals surface area contributed by atoms with Gasteiger partial charge in [-0.25, -0.2) is 0 Å². The number of carbonyl (C=O) groups excluding carboxylic acids is 4. The van der Waals surface area contributed by atoms with Gasteiger partial charge in [0.25, 0.3) is 17.7 Å². The van der Waals surface area contributed by atoms with Gasteiger partial charge in [-0.05, 0) is 61.4 Å². The molecule has 9 heteroatoms. The summed E-state index contributed by atoms with van der Waals surface area (Å²) in [5.41, 5.74) is 2.75. The third kappa shape index (κ3) is 4.93. The molecule has 1 atom stereocenters. The molecule has 3 aromatic carbocycles. The molecule has 0 fully saturated rings. The van der Waals surface area contributed by atoms with Crippen LogP contribution in [-0.4, -0.2) is 41.2 Å². The molecule has 0 aliphatic carbocycles. The van der Waals surface area contributed by atoms with Crippen LogP contribution in [0.3, 0.4) is 0 Å². The summed E-state index contributed by atoms with van der Waals surface area (Å²) in [6.45, 7) is 2.18. The molecule has 2 heterocycles. The molecule has 8 nitrogen and oxygen atoms in total. The molecule has 2 aliphatic rings. The molecule has 2 aliphatic heterocycles. The molecule has 0 radical (unpaired) electrons. The molecule has 188 valence electrons. The molecule has 37 heavy (non-hydrogen) atoms. The molecular weight excluding hydrogens is 494 g/mol. The Labute approximate surface area is 218 Å². The number of halogens is 1. The first kappa shape index (κ1) is 24.5. The largest absolute Gasteiger partial charge is 0.479 e. The number of nitrogens with zero attached hydrogens (tertiary/aromatic N) is 2. The molecule has 5 rings (SSSR count). The van der Waals surface area contributed by atoms with Gasteiger partial charge in [0.2, 0.25) is 5.91 Å². The number of carbonyl (C=O) groups is 4. The molecule has 0 saturated heterocycles. The van der Waals surface area contributed by atoms with Gasteiger partial charge in [-0.15, -0.1) is 0 Å². The van der Waals surface area contributed by atoms with Crippen molar-refractivity contribution in [1.82, 2.24) is 4.90 Å². The lowest BCUT2D eigenvalue weighted by molar-refractivity contribution is -0.125. The zero-order chi connectivity index (χ0) is 26.1. The zero-order valence-corrected chi connectivity index (χ0v) is 20.8. The fraction of sp³-hybridized carbons (Fsp3) is 0.214. The van der Waals surface area contributed by atoms with Crippen LogP contribution in [0.5, 0.6) is 5.75 Å². The highest BCUT2D eigenvalue weighted by Crippen LogP contribution is 2.37. The fourth-order valence-electron chi connectivity index (χ4n) is 4.48. The SMILES string of the molecule is CC1Oc2ccc(NC(=O)CCCN3C(=O)c4ccccc4C3=O)cc2N(Cc2ccc(Cl)cc2)C1=O. The monoisotopic (exact) mass is 517 g/mol. The number of hydrogen-bond donors (Lipinski definition) is 1. The van der Waals surface area contributed by atoms with Crippen LogP contribution >= 0.6 is 11.6 Å². The lowest BCUT2D eigenvalue weighted by Crippen LogP contribution is -2.44. The van der Waals surface area contributed by atoms with Crippen molar-refractivity contribution in [2.24, 2.45) is 0 Å². The van der Waals surface area contributed by atoms with E-state index in [1.165, 1.54) is 4.90 Å². The summed E-state index contributed by atoms with van der Waals surface area (Å²) in [5, 5.41) is 3.45. The van der Waals surface area contributed by atoms with Gasteiger partial charge in [0.05, 0.1) is 23.4 Å². The topological polar surface area (TPSA) is 96.0 Å². The van der Waals surface area contributed by atoms with Gasteiger partial charge in [-0.1, -0.05) is 35.9 Å². The summed E-state index contributed by atoms with van der Waals surface area (Å²) in [6, 6.07) is 19.1. The van der Waals surface area contributed by atoms with Crippen molar-refractivity contribution in [1.29, 1.82) is 0 Å². The van der Waals surface area contributed by atoms with E-state index in [4.69, 9.17) is 16.3 Å². The van der Waals surface area contributed by atoms with Gasteiger partial charge in [-0.2, -0.15) is 0 Å². The Morgan fingerprint density at radius 1 is 0.946 bits per heavy atom. The van der Waals surface area contributed by atoms with Crippen molar-refractivity contribution in [3.63, 3.8) is 0 Å². The molecule has 0 spiro atoms. The second-order valence-electron chi connectivity index (χ2n) is 8.95. The van der Waals surface area contributed by atoms with Crippen LogP contribution in [0.15, 0.2) is 66.7 Å². The Kier molecular flexibility index (Phi) is 6.67. The van der Waals surface area contributed by atoms with Crippen LogP contribution in [0.4, 0.5) is 11.4 Å². The van der Waals surface area contributed by atoms with E-state index in [1.54, 1.807) is 66.4 Å². The number of fused-ring (bicyclic) bond motifs is 2. The second-order valence-corrected chi connectivity index (χ2v) is 9.39. The van der Waals surface area contributed by atoms with E-state index >= 15 is 0 Å². The number of amides is 4. The predicted octanol–water partition coefficient (Wildman–Crippen LogP) is 4.67. The Balaban J connectivity index is 1.23. The lowest BCUT2D eigenvalue weighted by Gasteiger charge is -2.33. The molecule has 1 unspecified atom stereocenters. The van der Waals surface area contributed by atoms with Crippen LogP contribution in [0.25, 0.3) is 0 Å². The molecule has 0 saturated carbocycles. The number of ether oxygens (including phenoxy) is 1.